The van der Waals surface area contributed by atoms with Crippen LogP contribution in [0.2, 0.25) is 5.02 Å². The molecule has 0 atom stereocenters. The number of nitrogens with zero attached hydrogens (tertiary/aromatic N) is 6. The summed E-state index contributed by atoms with van der Waals surface area (Å²) in [5.74, 6) is 1.04. The van der Waals surface area contributed by atoms with Gasteiger partial charge in [-0.1, -0.05) is 35.1 Å². The van der Waals surface area contributed by atoms with Crippen LogP contribution >= 0.6 is 22.9 Å². The molecule has 9 nitrogen and oxygen atoms in total. The number of likely N-dealkylation sites (N-methyl/N-ethyl adjacent to an activating group) is 2. The number of ether oxygens (including phenoxy) is 1. The quantitative estimate of drug-likeness (QED) is 0.311. The van der Waals surface area contributed by atoms with Crippen LogP contribution in [0.1, 0.15) is 0 Å². The predicted molar refractivity (Wildman–Crippen MR) is 144 cm³/mol. The molecule has 0 aliphatic carbocycles. The lowest BCUT2D eigenvalue weighted by Crippen LogP contribution is -2.29. The van der Waals surface area contributed by atoms with Crippen molar-refractivity contribution in [2.24, 2.45) is 0 Å². The molecule has 0 saturated carbocycles. The molecule has 0 aliphatic heterocycles. The van der Waals surface area contributed by atoms with Crippen LogP contribution in [0.25, 0.3) is 21.3 Å². The maximum Gasteiger partial charge on any atom is 0.227 e. The van der Waals surface area contributed by atoms with Gasteiger partial charge in [0.05, 0.1) is 24.2 Å². The van der Waals surface area contributed by atoms with Gasteiger partial charge >= 0.3 is 0 Å². The maximum absolute atomic E-state index is 6.38. The molecule has 0 bridgehead atoms. The molecule has 0 radical (unpaired) electrons. The van der Waals surface area contributed by atoms with Crippen LogP contribution in [0.4, 0.5) is 23.0 Å². The fourth-order valence-electron chi connectivity index (χ4n) is 3.35. The van der Waals surface area contributed by atoms with Crippen LogP contribution in [0.3, 0.4) is 0 Å². The van der Waals surface area contributed by atoms with E-state index in [1.165, 1.54) is 11.3 Å². The van der Waals surface area contributed by atoms with Gasteiger partial charge in [-0.15, -0.1) is 10.2 Å². The lowest BCUT2D eigenvalue weighted by Gasteiger charge is -2.24. The van der Waals surface area contributed by atoms with E-state index in [0.717, 1.165) is 29.3 Å². The van der Waals surface area contributed by atoms with Crippen LogP contribution in [-0.2, 0) is 0 Å². The first-order valence-corrected chi connectivity index (χ1v) is 12.1. The summed E-state index contributed by atoms with van der Waals surface area (Å²) in [6.07, 6.45) is 1.67. The molecule has 2 aromatic heterocycles. The van der Waals surface area contributed by atoms with Crippen molar-refractivity contribution in [3.8, 4) is 27.0 Å². The van der Waals surface area contributed by atoms with E-state index < -0.39 is 0 Å². The molecule has 35 heavy (non-hydrogen) atoms. The third-order valence-electron chi connectivity index (χ3n) is 5.28. The van der Waals surface area contributed by atoms with Crippen molar-refractivity contribution in [1.29, 1.82) is 0 Å². The first-order chi connectivity index (χ1) is 16.8. The summed E-state index contributed by atoms with van der Waals surface area (Å²) in [5, 5.41) is 14.0. The molecule has 2 heterocycles. The van der Waals surface area contributed by atoms with Crippen molar-refractivity contribution >= 4 is 45.9 Å². The molecule has 0 unspecified atom stereocenters. The van der Waals surface area contributed by atoms with E-state index in [2.05, 4.69) is 35.3 Å². The largest absolute Gasteiger partial charge is 0.494 e. The summed E-state index contributed by atoms with van der Waals surface area (Å²) in [4.78, 5) is 13.2. The highest BCUT2D eigenvalue weighted by molar-refractivity contribution is 7.17. The number of hydrogen-bond acceptors (Lipinski definition) is 10. The molecule has 4 rings (SSSR count). The van der Waals surface area contributed by atoms with Gasteiger partial charge in [0.1, 0.15) is 16.5 Å². The van der Waals surface area contributed by atoms with Gasteiger partial charge < -0.3 is 25.6 Å². The first-order valence-electron chi connectivity index (χ1n) is 10.9. The highest BCUT2D eigenvalue weighted by atomic mass is 35.5. The van der Waals surface area contributed by atoms with Crippen molar-refractivity contribution in [3.63, 3.8) is 0 Å². The minimum Gasteiger partial charge on any atom is -0.494 e. The Hall–Kier alpha value is -3.47. The minimum atomic E-state index is 0.400. The Balaban J connectivity index is 1.56. The topological polar surface area (TPSA) is 105 Å². The van der Waals surface area contributed by atoms with Crippen molar-refractivity contribution in [2.45, 2.75) is 0 Å². The molecule has 0 saturated heterocycles. The smallest absolute Gasteiger partial charge is 0.227 e. The predicted octanol–water partition coefficient (Wildman–Crippen LogP) is 4.65. The third kappa shape index (κ3) is 5.97. The summed E-state index contributed by atoms with van der Waals surface area (Å²) >= 11 is 7.43. The number of benzene rings is 2. The number of nitrogen functional groups attached to an aromatic ring is 1. The van der Waals surface area contributed by atoms with E-state index >= 15 is 0 Å². The van der Waals surface area contributed by atoms with Gasteiger partial charge in [0, 0.05) is 43.0 Å². The number of rotatable bonds is 9. The zero-order valence-corrected chi connectivity index (χ0v) is 21.6. The van der Waals surface area contributed by atoms with Crippen LogP contribution in [-0.4, -0.2) is 66.4 Å². The SMILES string of the molecule is COc1cc(N(C)CCN(C)C)c(N)cc1Nc1nccc(-c2nnc(-c3ccc(Cl)cc3)s2)n1. The zero-order valence-electron chi connectivity index (χ0n) is 20.0. The molecule has 4 aromatic rings. The second-order valence-electron chi connectivity index (χ2n) is 8.15. The van der Waals surface area contributed by atoms with Gasteiger partial charge in [-0.2, -0.15) is 0 Å². The van der Waals surface area contributed by atoms with Gasteiger partial charge in [0.25, 0.3) is 0 Å². The number of halogens is 1. The Morgan fingerprint density at radius 3 is 2.49 bits per heavy atom. The van der Waals surface area contributed by atoms with Gasteiger partial charge in [0.15, 0.2) is 5.01 Å². The molecule has 0 aliphatic rings. The fourth-order valence-corrected chi connectivity index (χ4v) is 4.29. The van der Waals surface area contributed by atoms with Gasteiger partial charge in [-0.05, 0) is 38.4 Å². The molecule has 0 spiro atoms. The Kier molecular flexibility index (Phi) is 7.64. The molecule has 0 amide bonds. The van der Waals surface area contributed by atoms with E-state index in [9.17, 15) is 0 Å². The molecule has 3 N–H and O–H groups in total. The molecule has 11 heteroatoms. The lowest BCUT2D eigenvalue weighted by molar-refractivity contribution is 0.413. The van der Waals surface area contributed by atoms with Crippen molar-refractivity contribution in [2.75, 3.05) is 57.3 Å². The minimum absolute atomic E-state index is 0.400. The summed E-state index contributed by atoms with van der Waals surface area (Å²) in [7, 11) is 7.71. The Morgan fingerprint density at radius 2 is 1.77 bits per heavy atom. The third-order valence-corrected chi connectivity index (χ3v) is 6.53. The van der Waals surface area contributed by atoms with Crippen LogP contribution in [0, 0.1) is 0 Å². The average Bonchev–Trinajstić information content (AvgIpc) is 3.34. The number of aromatic nitrogens is 4. The van der Waals surface area contributed by atoms with Gasteiger partial charge in [-0.3, -0.25) is 0 Å². The highest BCUT2D eigenvalue weighted by Gasteiger charge is 2.15. The van der Waals surface area contributed by atoms with E-state index in [-0.39, 0.29) is 0 Å². The number of hydrogen-bond donors (Lipinski definition) is 2. The van der Waals surface area contributed by atoms with E-state index in [0.29, 0.717) is 38.8 Å². The zero-order chi connectivity index (χ0) is 24.9. The molecule has 182 valence electrons. The second-order valence-corrected chi connectivity index (χ2v) is 9.56. The Bertz CT molecular complexity index is 1300. The fraction of sp³-hybridized carbons (Fsp3) is 0.250. The van der Waals surface area contributed by atoms with Crippen LogP contribution in [0.5, 0.6) is 5.75 Å². The van der Waals surface area contributed by atoms with Crippen molar-refractivity contribution < 1.29 is 4.74 Å². The number of anilines is 4. The molecular formula is C24H27ClN8OS. The summed E-state index contributed by atoms with van der Waals surface area (Å²) in [6, 6.07) is 13.0. The normalized spacial score (nSPS) is 11.0. The Morgan fingerprint density at radius 1 is 1.03 bits per heavy atom. The van der Waals surface area contributed by atoms with E-state index in [1.807, 2.05) is 57.5 Å². The maximum atomic E-state index is 6.38. The molecular weight excluding hydrogens is 484 g/mol. The highest BCUT2D eigenvalue weighted by Crippen LogP contribution is 2.36. The monoisotopic (exact) mass is 510 g/mol. The van der Waals surface area contributed by atoms with Gasteiger partial charge in [-0.25, -0.2) is 9.97 Å². The van der Waals surface area contributed by atoms with Crippen LogP contribution < -0.4 is 20.7 Å². The second kappa shape index (κ2) is 10.9. The average molecular weight is 511 g/mol. The number of methoxy groups -OCH3 is 1. The molecule has 2 aromatic carbocycles. The molecule has 0 fully saturated rings. The van der Waals surface area contributed by atoms with E-state index in [1.54, 1.807) is 19.4 Å². The first kappa shape index (κ1) is 24.6. The summed E-state index contributed by atoms with van der Waals surface area (Å²) in [5.41, 5.74) is 10.2. The number of nitrogens with two attached hydrogens (primary N) is 1. The standard InChI is InChI=1S/C24H27ClN8OS/c1-32(2)11-12-33(3)20-14-21(34-4)19(13-17(20)26)29-24-27-10-9-18(28-24)23-31-30-22(35-23)15-5-7-16(25)8-6-15/h5-10,13-14H,11-12,26H2,1-4H3,(H,27,28,29). The summed E-state index contributed by atoms with van der Waals surface area (Å²) < 4.78 is 5.62. The van der Waals surface area contributed by atoms with Crippen LogP contribution in [0.15, 0.2) is 48.7 Å². The Labute approximate surface area is 213 Å². The van der Waals surface area contributed by atoms with Crippen molar-refractivity contribution in [1.82, 2.24) is 25.1 Å². The number of nitrogens with one attached hydrogen (secondary N) is 1. The van der Waals surface area contributed by atoms with Gasteiger partial charge in [0.2, 0.25) is 5.95 Å². The van der Waals surface area contributed by atoms with Crippen molar-refractivity contribution in [3.05, 3.63) is 53.7 Å². The lowest BCUT2D eigenvalue weighted by atomic mass is 10.2. The summed E-state index contributed by atoms with van der Waals surface area (Å²) in [6.45, 7) is 1.74. The van der Waals surface area contributed by atoms with E-state index in [4.69, 9.17) is 22.1 Å².